The van der Waals surface area contributed by atoms with Gasteiger partial charge in [-0.15, -0.1) is 0 Å². The van der Waals surface area contributed by atoms with E-state index in [4.69, 9.17) is 9.72 Å². The molecule has 0 radical (unpaired) electrons. The van der Waals surface area contributed by atoms with Crippen LogP contribution in [0.1, 0.15) is 22.8 Å². The van der Waals surface area contributed by atoms with Gasteiger partial charge in [-0.3, -0.25) is 4.40 Å². The highest BCUT2D eigenvalue weighted by atomic mass is 16.5. The van der Waals surface area contributed by atoms with E-state index in [1.807, 2.05) is 55.0 Å². The molecule has 0 atom stereocenters. The summed E-state index contributed by atoms with van der Waals surface area (Å²) in [5.74, 6) is 1.25. The zero-order valence-corrected chi connectivity index (χ0v) is 14.3. The van der Waals surface area contributed by atoms with E-state index < -0.39 is 0 Å². The van der Waals surface area contributed by atoms with Crippen molar-refractivity contribution in [3.8, 4) is 11.8 Å². The fraction of sp³-hybridized carbons (Fsp3) is 0.294. The number of imidazole rings is 1. The Labute approximate surface area is 138 Å². The molecule has 0 amide bonds. The van der Waals surface area contributed by atoms with Crippen molar-refractivity contribution in [2.45, 2.75) is 27.7 Å². The predicted octanol–water partition coefficient (Wildman–Crippen LogP) is 2.71. The average Bonchev–Trinajstić information content (AvgIpc) is 3.07. The highest BCUT2D eigenvalue weighted by Gasteiger charge is 2.19. The Balaban J connectivity index is 2.20. The van der Waals surface area contributed by atoms with Crippen LogP contribution in [0.3, 0.4) is 0 Å². The lowest BCUT2D eigenvalue weighted by molar-refractivity contribution is 0.399. The van der Waals surface area contributed by atoms with Gasteiger partial charge in [-0.1, -0.05) is 0 Å². The topological polar surface area (TPSA) is 70.1 Å². The van der Waals surface area contributed by atoms with Gasteiger partial charge in [0.25, 0.3) is 0 Å². The van der Waals surface area contributed by atoms with Crippen molar-refractivity contribution >= 4 is 16.7 Å². The molecule has 0 aliphatic heterocycles. The summed E-state index contributed by atoms with van der Waals surface area (Å²) in [6.45, 7) is 7.95. The Hall–Kier alpha value is -2.96. The van der Waals surface area contributed by atoms with E-state index >= 15 is 0 Å². The van der Waals surface area contributed by atoms with Crippen LogP contribution in [0.25, 0.3) is 22.6 Å². The molecule has 7 nitrogen and oxygen atoms in total. The number of ether oxygens (including phenoxy) is 1. The Morgan fingerprint density at radius 3 is 2.38 bits per heavy atom. The van der Waals surface area contributed by atoms with Gasteiger partial charge in [0.15, 0.2) is 5.65 Å². The number of hydrogen-bond acceptors (Lipinski definition) is 5. The fourth-order valence-corrected chi connectivity index (χ4v) is 3.14. The van der Waals surface area contributed by atoms with Gasteiger partial charge in [0.1, 0.15) is 5.52 Å². The maximum Gasteiger partial charge on any atom is 0.237 e. The summed E-state index contributed by atoms with van der Waals surface area (Å²) < 4.78 is 9.14. The third kappa shape index (κ3) is 1.97. The lowest BCUT2D eigenvalue weighted by atomic mass is 10.3. The molecule has 0 aliphatic rings. The van der Waals surface area contributed by atoms with Crippen molar-refractivity contribution in [2.24, 2.45) is 0 Å². The number of hydrogen-bond donors (Lipinski definition) is 0. The molecule has 0 unspecified atom stereocenters. The van der Waals surface area contributed by atoms with Gasteiger partial charge >= 0.3 is 0 Å². The normalized spacial score (nSPS) is 11.5. The first-order valence-corrected chi connectivity index (χ1v) is 7.73. The van der Waals surface area contributed by atoms with Gasteiger partial charge in [-0.05, 0) is 39.8 Å². The molecule has 24 heavy (non-hydrogen) atoms. The number of fused-ring (bicyclic) bond motifs is 3. The summed E-state index contributed by atoms with van der Waals surface area (Å²) in [5, 5.41) is 4.58. The Kier molecular flexibility index (Phi) is 3.06. The molecule has 0 saturated heterocycles. The average molecular weight is 322 g/mol. The molecule has 0 aromatic carbocycles. The lowest BCUT2D eigenvalue weighted by Crippen LogP contribution is -2.07. The molecular weight excluding hydrogens is 304 g/mol. The Morgan fingerprint density at radius 2 is 1.71 bits per heavy atom. The Bertz CT molecular complexity index is 1090. The number of aryl methyl sites for hydroxylation is 4. The molecule has 0 spiro atoms. The van der Waals surface area contributed by atoms with Crippen LogP contribution in [0, 0.1) is 27.7 Å². The van der Waals surface area contributed by atoms with E-state index in [-0.39, 0.29) is 0 Å². The molecule has 0 aliphatic carbocycles. The Morgan fingerprint density at radius 1 is 0.958 bits per heavy atom. The molecule has 4 rings (SSSR count). The van der Waals surface area contributed by atoms with Gasteiger partial charge < -0.3 is 4.74 Å². The van der Waals surface area contributed by atoms with Crippen LogP contribution in [0.15, 0.2) is 18.2 Å². The zero-order chi connectivity index (χ0) is 17.0. The van der Waals surface area contributed by atoms with Crippen LogP contribution < -0.4 is 4.74 Å². The summed E-state index contributed by atoms with van der Waals surface area (Å²) in [6, 6.07) is 5.75. The first kappa shape index (κ1) is 14.6. The molecule has 4 aromatic heterocycles. The third-order valence-electron chi connectivity index (χ3n) is 4.11. The van der Waals surface area contributed by atoms with Crippen molar-refractivity contribution in [2.75, 3.05) is 7.11 Å². The molecule has 0 fully saturated rings. The summed E-state index contributed by atoms with van der Waals surface area (Å²) in [4.78, 5) is 14.0. The number of rotatable bonds is 2. The van der Waals surface area contributed by atoms with Crippen LogP contribution in [-0.2, 0) is 0 Å². The SMILES string of the molecule is COc1ccc2nc(C)c3c(C)nc(-n4nc(C)cc4C)n3c2n1. The van der Waals surface area contributed by atoms with E-state index in [0.717, 1.165) is 33.8 Å². The fourth-order valence-electron chi connectivity index (χ4n) is 3.14. The van der Waals surface area contributed by atoms with Crippen molar-refractivity contribution in [3.63, 3.8) is 0 Å². The van der Waals surface area contributed by atoms with E-state index in [9.17, 15) is 0 Å². The van der Waals surface area contributed by atoms with Crippen LogP contribution in [-0.4, -0.2) is 36.2 Å². The third-order valence-corrected chi connectivity index (χ3v) is 4.11. The second-order valence-electron chi connectivity index (χ2n) is 5.91. The minimum absolute atomic E-state index is 0.542. The van der Waals surface area contributed by atoms with E-state index in [2.05, 4.69) is 15.1 Å². The maximum atomic E-state index is 5.29. The van der Waals surface area contributed by atoms with Crippen molar-refractivity contribution in [1.29, 1.82) is 0 Å². The van der Waals surface area contributed by atoms with Gasteiger partial charge in [0, 0.05) is 11.8 Å². The van der Waals surface area contributed by atoms with Crippen LogP contribution >= 0.6 is 0 Å². The van der Waals surface area contributed by atoms with Crippen molar-refractivity contribution in [3.05, 3.63) is 41.0 Å². The van der Waals surface area contributed by atoms with E-state index in [1.165, 1.54) is 0 Å². The molecular formula is C17H18N6O. The standard InChI is InChI=1S/C17H18N6O/c1-9-8-10(2)23(21-9)17-19-12(4)15-11(3)18-13-6-7-14(24-5)20-16(13)22(15)17/h6-8H,1-5H3. The number of pyridine rings is 1. The highest BCUT2D eigenvalue weighted by Crippen LogP contribution is 2.25. The number of methoxy groups -OCH3 is 1. The van der Waals surface area contributed by atoms with E-state index in [1.54, 1.807) is 7.11 Å². The molecule has 7 heteroatoms. The minimum atomic E-state index is 0.542. The molecule has 0 N–H and O–H groups in total. The second-order valence-corrected chi connectivity index (χ2v) is 5.91. The van der Waals surface area contributed by atoms with Crippen molar-refractivity contribution < 1.29 is 4.74 Å². The van der Waals surface area contributed by atoms with Gasteiger partial charge in [0.2, 0.25) is 11.8 Å². The smallest absolute Gasteiger partial charge is 0.237 e. The minimum Gasteiger partial charge on any atom is -0.481 e. The zero-order valence-electron chi connectivity index (χ0n) is 14.3. The summed E-state index contributed by atoms with van der Waals surface area (Å²) in [6.07, 6.45) is 0. The highest BCUT2D eigenvalue weighted by molar-refractivity contribution is 5.78. The van der Waals surface area contributed by atoms with E-state index in [0.29, 0.717) is 17.5 Å². The lowest BCUT2D eigenvalue weighted by Gasteiger charge is -2.09. The van der Waals surface area contributed by atoms with Crippen LogP contribution in [0.5, 0.6) is 5.88 Å². The molecule has 4 aromatic rings. The number of nitrogens with zero attached hydrogens (tertiary/aromatic N) is 6. The molecule has 4 heterocycles. The summed E-state index contributed by atoms with van der Waals surface area (Å²) in [5.41, 5.74) is 6.22. The van der Waals surface area contributed by atoms with Crippen LogP contribution in [0.4, 0.5) is 0 Å². The molecule has 122 valence electrons. The first-order valence-electron chi connectivity index (χ1n) is 7.73. The second kappa shape index (κ2) is 5.02. The first-order chi connectivity index (χ1) is 11.5. The van der Waals surface area contributed by atoms with Gasteiger partial charge in [0.05, 0.1) is 29.7 Å². The predicted molar refractivity (Wildman–Crippen MR) is 90.9 cm³/mol. The molecule has 0 saturated carbocycles. The monoisotopic (exact) mass is 322 g/mol. The molecule has 0 bridgehead atoms. The largest absolute Gasteiger partial charge is 0.481 e. The van der Waals surface area contributed by atoms with Crippen LogP contribution in [0.2, 0.25) is 0 Å². The van der Waals surface area contributed by atoms with Crippen molar-refractivity contribution in [1.82, 2.24) is 29.1 Å². The summed E-state index contributed by atoms with van der Waals surface area (Å²) in [7, 11) is 1.61. The number of aromatic nitrogens is 6. The van der Waals surface area contributed by atoms with Gasteiger partial charge in [-0.2, -0.15) is 10.1 Å². The van der Waals surface area contributed by atoms with Gasteiger partial charge in [-0.25, -0.2) is 14.6 Å². The maximum absolute atomic E-state index is 5.29. The quantitative estimate of drug-likeness (QED) is 0.567. The summed E-state index contributed by atoms with van der Waals surface area (Å²) >= 11 is 0.